The minimum Gasteiger partial charge on any atom is -0.486 e. The molecule has 1 atom stereocenters. The number of ether oxygens (including phenoxy) is 2. The molecule has 26 heavy (non-hydrogen) atoms. The number of fused-ring (bicyclic) bond motifs is 1. The Morgan fingerprint density at radius 2 is 2.04 bits per heavy atom. The number of piperidine rings is 1. The van der Waals surface area contributed by atoms with Crippen molar-refractivity contribution in [1.82, 2.24) is 9.80 Å². The van der Waals surface area contributed by atoms with Gasteiger partial charge < -0.3 is 14.4 Å². The van der Waals surface area contributed by atoms with E-state index in [9.17, 15) is 0 Å². The molecule has 0 saturated carbocycles. The van der Waals surface area contributed by atoms with Gasteiger partial charge in [-0.1, -0.05) is 23.7 Å². The van der Waals surface area contributed by atoms with Gasteiger partial charge in [0, 0.05) is 30.3 Å². The highest BCUT2D eigenvalue weighted by molar-refractivity contribution is 9.11. The third-order valence-corrected chi connectivity index (χ3v) is 5.99. The lowest BCUT2D eigenvalue weighted by molar-refractivity contribution is 0.0462. The number of benzene rings is 1. The highest BCUT2D eigenvalue weighted by atomic mass is 79.9. The standard InChI is InChI=1S/C20H24BrClN2O2/c21-16-3-2-8-24(12-16)11-15-6-9-23(10-7-15)13-17-14-25-19-5-1-4-18(22)20(19)26-17/h1-5,12,15,17H,6-11,13-14H2. The predicted octanol–water partition coefficient (Wildman–Crippen LogP) is 4.30. The van der Waals surface area contributed by atoms with Gasteiger partial charge in [-0.15, -0.1) is 0 Å². The molecule has 3 aliphatic heterocycles. The lowest BCUT2D eigenvalue weighted by Crippen LogP contribution is -2.45. The first-order chi connectivity index (χ1) is 12.7. The van der Waals surface area contributed by atoms with E-state index in [1.54, 1.807) is 0 Å². The summed E-state index contributed by atoms with van der Waals surface area (Å²) >= 11 is 9.80. The van der Waals surface area contributed by atoms with E-state index < -0.39 is 0 Å². The monoisotopic (exact) mass is 438 g/mol. The smallest absolute Gasteiger partial charge is 0.180 e. The summed E-state index contributed by atoms with van der Waals surface area (Å²) in [6.07, 6.45) is 9.05. The molecule has 3 heterocycles. The van der Waals surface area contributed by atoms with E-state index in [2.05, 4.69) is 44.1 Å². The predicted molar refractivity (Wildman–Crippen MR) is 108 cm³/mol. The lowest BCUT2D eigenvalue weighted by atomic mass is 9.96. The molecule has 0 N–H and O–H groups in total. The lowest BCUT2D eigenvalue weighted by Gasteiger charge is -2.37. The molecule has 0 radical (unpaired) electrons. The van der Waals surface area contributed by atoms with Crippen LogP contribution in [0.25, 0.3) is 0 Å². The Kier molecular flexibility index (Phi) is 5.77. The molecule has 0 aliphatic carbocycles. The largest absolute Gasteiger partial charge is 0.486 e. The first-order valence-corrected chi connectivity index (χ1v) is 10.4. The van der Waals surface area contributed by atoms with Gasteiger partial charge in [-0.3, -0.25) is 4.90 Å². The molecular weight excluding hydrogens is 416 g/mol. The van der Waals surface area contributed by atoms with Crippen LogP contribution in [0, 0.1) is 5.92 Å². The number of halogens is 2. The SMILES string of the molecule is Clc1cccc2c1OC(CN1CCC(CN3C=C(Br)C=CC3)CC1)CO2. The molecule has 0 aromatic heterocycles. The van der Waals surface area contributed by atoms with Gasteiger partial charge in [0.2, 0.25) is 0 Å². The fourth-order valence-electron chi connectivity index (χ4n) is 3.86. The van der Waals surface area contributed by atoms with E-state index in [0.29, 0.717) is 17.4 Å². The number of hydrogen-bond donors (Lipinski definition) is 0. The molecule has 3 aliphatic rings. The Morgan fingerprint density at radius 3 is 2.85 bits per heavy atom. The van der Waals surface area contributed by atoms with Crippen LogP contribution < -0.4 is 9.47 Å². The Hall–Kier alpha value is -1.17. The van der Waals surface area contributed by atoms with Crippen molar-refractivity contribution in [3.05, 3.63) is 46.1 Å². The summed E-state index contributed by atoms with van der Waals surface area (Å²) in [4.78, 5) is 4.90. The van der Waals surface area contributed by atoms with Crippen LogP contribution in [-0.2, 0) is 0 Å². The van der Waals surface area contributed by atoms with Gasteiger partial charge in [0.1, 0.15) is 12.7 Å². The van der Waals surface area contributed by atoms with Crippen molar-refractivity contribution in [2.45, 2.75) is 18.9 Å². The maximum absolute atomic E-state index is 6.24. The second-order valence-electron chi connectivity index (χ2n) is 7.23. The van der Waals surface area contributed by atoms with Crippen LogP contribution in [-0.4, -0.2) is 55.2 Å². The number of hydrogen-bond acceptors (Lipinski definition) is 4. The van der Waals surface area contributed by atoms with Crippen LogP contribution in [0.1, 0.15) is 12.8 Å². The quantitative estimate of drug-likeness (QED) is 0.698. The van der Waals surface area contributed by atoms with Crippen molar-refractivity contribution in [3.63, 3.8) is 0 Å². The van der Waals surface area contributed by atoms with Crippen LogP contribution in [0.4, 0.5) is 0 Å². The summed E-state index contributed by atoms with van der Waals surface area (Å²) in [5.41, 5.74) is 0. The second-order valence-corrected chi connectivity index (χ2v) is 8.56. The second kappa shape index (κ2) is 8.24. The minimum atomic E-state index is 0.0464. The summed E-state index contributed by atoms with van der Waals surface area (Å²) in [7, 11) is 0. The number of likely N-dealkylation sites (tertiary alicyclic amines) is 1. The molecule has 0 spiro atoms. The fraction of sp³-hybridized carbons (Fsp3) is 0.500. The van der Waals surface area contributed by atoms with Crippen molar-refractivity contribution in [2.24, 2.45) is 5.92 Å². The Balaban J connectivity index is 1.24. The van der Waals surface area contributed by atoms with Gasteiger partial charge >= 0.3 is 0 Å². The molecule has 1 aromatic carbocycles. The average molecular weight is 440 g/mol. The normalized spacial score (nSPS) is 23.8. The van der Waals surface area contributed by atoms with Crippen LogP contribution in [0.5, 0.6) is 11.5 Å². The minimum absolute atomic E-state index is 0.0464. The van der Waals surface area contributed by atoms with Gasteiger partial charge in [0.15, 0.2) is 11.5 Å². The first-order valence-electron chi connectivity index (χ1n) is 9.25. The highest BCUT2D eigenvalue weighted by Gasteiger charge is 2.27. The third-order valence-electron chi connectivity index (χ3n) is 5.22. The van der Waals surface area contributed by atoms with Crippen LogP contribution in [0.15, 0.2) is 41.0 Å². The average Bonchev–Trinajstić information content (AvgIpc) is 2.64. The van der Waals surface area contributed by atoms with Crippen LogP contribution in [0.3, 0.4) is 0 Å². The van der Waals surface area contributed by atoms with Gasteiger partial charge in [-0.2, -0.15) is 0 Å². The first kappa shape index (κ1) is 18.2. The van der Waals surface area contributed by atoms with E-state index in [0.717, 1.165) is 48.9 Å². The van der Waals surface area contributed by atoms with Crippen molar-refractivity contribution in [2.75, 3.05) is 39.3 Å². The molecular formula is C20H24BrClN2O2. The molecule has 6 heteroatoms. The Bertz CT molecular complexity index is 701. The third kappa shape index (κ3) is 4.38. The van der Waals surface area contributed by atoms with Crippen molar-refractivity contribution in [1.29, 1.82) is 0 Å². The Morgan fingerprint density at radius 1 is 1.19 bits per heavy atom. The van der Waals surface area contributed by atoms with Gasteiger partial charge in [0.25, 0.3) is 0 Å². The van der Waals surface area contributed by atoms with Crippen molar-refractivity contribution < 1.29 is 9.47 Å². The molecule has 1 unspecified atom stereocenters. The van der Waals surface area contributed by atoms with E-state index in [-0.39, 0.29) is 6.10 Å². The van der Waals surface area contributed by atoms with Gasteiger partial charge in [-0.25, -0.2) is 0 Å². The maximum atomic E-state index is 6.24. The molecule has 1 aromatic rings. The summed E-state index contributed by atoms with van der Waals surface area (Å²) in [5, 5.41) is 0.626. The van der Waals surface area contributed by atoms with Crippen LogP contribution in [0.2, 0.25) is 5.02 Å². The summed E-state index contributed by atoms with van der Waals surface area (Å²) in [6.45, 7) is 5.88. The van der Waals surface area contributed by atoms with Crippen LogP contribution >= 0.6 is 27.5 Å². The molecule has 0 amide bonds. The fourth-order valence-corrected chi connectivity index (χ4v) is 4.55. The zero-order valence-corrected chi connectivity index (χ0v) is 17.1. The van der Waals surface area contributed by atoms with Crippen molar-refractivity contribution in [3.8, 4) is 11.5 Å². The number of para-hydroxylation sites is 1. The number of rotatable bonds is 4. The zero-order chi connectivity index (χ0) is 17.9. The number of allylic oxidation sites excluding steroid dienone is 2. The molecule has 1 saturated heterocycles. The molecule has 140 valence electrons. The summed E-state index contributed by atoms with van der Waals surface area (Å²) in [6, 6.07) is 5.65. The molecule has 0 bridgehead atoms. The maximum Gasteiger partial charge on any atom is 0.180 e. The molecule has 1 fully saturated rings. The van der Waals surface area contributed by atoms with E-state index in [1.165, 1.54) is 12.8 Å². The highest BCUT2D eigenvalue weighted by Crippen LogP contribution is 2.38. The van der Waals surface area contributed by atoms with Crippen molar-refractivity contribution >= 4 is 27.5 Å². The van der Waals surface area contributed by atoms with E-state index in [1.807, 2.05) is 18.2 Å². The van der Waals surface area contributed by atoms with Gasteiger partial charge in [-0.05, 0) is 66.0 Å². The van der Waals surface area contributed by atoms with E-state index in [4.69, 9.17) is 21.1 Å². The molecule has 4 nitrogen and oxygen atoms in total. The number of nitrogens with zero attached hydrogens (tertiary/aromatic N) is 2. The van der Waals surface area contributed by atoms with Gasteiger partial charge in [0.05, 0.1) is 5.02 Å². The summed E-state index contributed by atoms with van der Waals surface area (Å²) < 4.78 is 13.1. The van der Waals surface area contributed by atoms with E-state index >= 15 is 0 Å². The Labute approximate surface area is 168 Å². The zero-order valence-electron chi connectivity index (χ0n) is 14.7. The topological polar surface area (TPSA) is 24.9 Å². The molecule has 4 rings (SSSR count). The summed E-state index contributed by atoms with van der Waals surface area (Å²) in [5.74, 6) is 2.20.